The summed E-state index contributed by atoms with van der Waals surface area (Å²) < 4.78 is 16.5. The quantitative estimate of drug-likeness (QED) is 0.777. The van der Waals surface area contributed by atoms with E-state index in [2.05, 4.69) is 24.1 Å². The molecule has 18 heavy (non-hydrogen) atoms. The van der Waals surface area contributed by atoms with Crippen LogP contribution in [0.3, 0.4) is 0 Å². The molecule has 0 saturated heterocycles. The Morgan fingerprint density at radius 1 is 1.00 bits per heavy atom. The molecule has 0 aliphatic heterocycles. The van der Waals surface area contributed by atoms with Crippen molar-refractivity contribution in [3.05, 3.63) is 65.3 Å². The zero-order valence-electron chi connectivity index (χ0n) is 12.7. The third-order valence-electron chi connectivity index (χ3n) is 3.25. The van der Waals surface area contributed by atoms with Gasteiger partial charge in [-0.2, -0.15) is 0 Å². The molecule has 0 saturated carbocycles. The summed E-state index contributed by atoms with van der Waals surface area (Å²) in [5.41, 5.74) is 6.06. The fourth-order valence-electron chi connectivity index (χ4n) is 2.23. The molecule has 1 heteroatoms. The molecular formula is C17H17N. The Balaban J connectivity index is 2.03. The molecule has 0 radical (unpaired) electrons. The van der Waals surface area contributed by atoms with Crippen molar-refractivity contribution < 1.29 is 2.74 Å². The number of aromatic nitrogens is 1. The highest BCUT2D eigenvalue weighted by Crippen LogP contribution is 2.29. The zero-order valence-corrected chi connectivity index (χ0v) is 10.7. The van der Waals surface area contributed by atoms with Crippen LogP contribution in [0.15, 0.2) is 54.1 Å². The van der Waals surface area contributed by atoms with Crippen molar-refractivity contribution in [2.45, 2.75) is 20.3 Å². The predicted molar refractivity (Wildman–Crippen MR) is 77.3 cm³/mol. The average Bonchev–Trinajstić information content (AvgIpc) is 3.00. The van der Waals surface area contributed by atoms with E-state index in [0.717, 1.165) is 34.5 Å². The van der Waals surface area contributed by atoms with Gasteiger partial charge in [0.1, 0.15) is 0 Å². The molecule has 0 unspecified atom stereocenters. The highest BCUT2D eigenvalue weighted by Gasteiger charge is 2.07. The summed E-state index contributed by atoms with van der Waals surface area (Å²) in [6.07, 6.45) is 5.02. The molecule has 1 aromatic carbocycles. The number of benzene rings is 1. The summed E-state index contributed by atoms with van der Waals surface area (Å²) in [6, 6.07) is 8.49. The fourth-order valence-corrected chi connectivity index (χ4v) is 2.23. The first-order valence-corrected chi connectivity index (χ1v) is 6.18. The van der Waals surface area contributed by atoms with Gasteiger partial charge in [0.15, 0.2) is 0 Å². The molecule has 0 atom stereocenters. The third kappa shape index (κ3) is 2.04. The zero-order chi connectivity index (χ0) is 14.3. The molecule has 3 rings (SSSR count). The molecule has 0 amide bonds. The molecule has 1 aliphatic rings. The highest BCUT2D eigenvalue weighted by molar-refractivity contribution is 5.74. The Hall–Kier alpha value is -2.02. The number of nitrogens with one attached hydrogen (secondary N) is 1. The maximum atomic E-state index is 8.23. The summed E-state index contributed by atoms with van der Waals surface area (Å²) in [5, 5.41) is 0. The van der Waals surface area contributed by atoms with Gasteiger partial charge in [-0.1, -0.05) is 41.9 Å². The van der Waals surface area contributed by atoms with E-state index in [0.29, 0.717) is 12.1 Å². The average molecular weight is 237 g/mol. The summed E-state index contributed by atoms with van der Waals surface area (Å²) in [5.74, 6) is 0. The van der Waals surface area contributed by atoms with Crippen LogP contribution >= 0.6 is 0 Å². The lowest BCUT2D eigenvalue weighted by Crippen LogP contribution is -1.84. The van der Waals surface area contributed by atoms with Crippen LogP contribution < -0.4 is 0 Å². The molecule has 2 aromatic rings. The van der Waals surface area contributed by atoms with Gasteiger partial charge < -0.3 is 4.98 Å². The second-order valence-electron chi connectivity index (χ2n) is 4.84. The molecule has 0 bridgehead atoms. The van der Waals surface area contributed by atoms with Gasteiger partial charge in [0, 0.05) is 11.4 Å². The first-order valence-electron chi connectivity index (χ1n) is 7.18. The monoisotopic (exact) mass is 237 g/mol. The van der Waals surface area contributed by atoms with Gasteiger partial charge >= 0.3 is 0 Å². The molecule has 1 N–H and O–H groups in total. The van der Waals surface area contributed by atoms with E-state index in [1.54, 1.807) is 6.07 Å². The first-order chi connectivity index (χ1) is 9.54. The van der Waals surface area contributed by atoms with Crippen molar-refractivity contribution in [1.82, 2.24) is 4.98 Å². The standard InChI is InChI=1S/C17H17N/c1-12-3-5-16(11-12)14-6-8-15(9-7-14)17-10-4-13(2)18-17/h3-10,18H,11H2,1-2H3/i6D,9D. The fraction of sp³-hybridized carbons (Fsp3) is 0.176. The Labute approximate surface area is 111 Å². The van der Waals surface area contributed by atoms with Gasteiger partial charge in [0.2, 0.25) is 0 Å². The van der Waals surface area contributed by atoms with Gasteiger partial charge in [-0.15, -0.1) is 0 Å². The number of rotatable bonds is 2. The molecule has 90 valence electrons. The van der Waals surface area contributed by atoms with Gasteiger partial charge in [-0.3, -0.25) is 0 Å². The number of aromatic amines is 1. The summed E-state index contributed by atoms with van der Waals surface area (Å²) in [6.45, 7) is 4.08. The Morgan fingerprint density at radius 3 is 2.44 bits per heavy atom. The van der Waals surface area contributed by atoms with Crippen LogP contribution in [0, 0.1) is 6.92 Å². The number of hydrogen-bond acceptors (Lipinski definition) is 0. The van der Waals surface area contributed by atoms with Crippen LogP contribution in [0.4, 0.5) is 0 Å². The van der Waals surface area contributed by atoms with Crippen molar-refractivity contribution in [3.63, 3.8) is 0 Å². The maximum absolute atomic E-state index is 8.23. The van der Waals surface area contributed by atoms with Gasteiger partial charge in [-0.05, 0) is 49.1 Å². The van der Waals surface area contributed by atoms with E-state index < -0.39 is 0 Å². The largest absolute Gasteiger partial charge is 0.359 e. The molecular weight excluding hydrogens is 218 g/mol. The maximum Gasteiger partial charge on any atom is 0.0630 e. The van der Waals surface area contributed by atoms with Crippen molar-refractivity contribution in [2.24, 2.45) is 0 Å². The minimum absolute atomic E-state index is 0.461. The summed E-state index contributed by atoms with van der Waals surface area (Å²) in [4.78, 5) is 3.23. The topological polar surface area (TPSA) is 15.8 Å². The third-order valence-corrected chi connectivity index (χ3v) is 3.25. The minimum Gasteiger partial charge on any atom is -0.359 e. The minimum atomic E-state index is 0.461. The van der Waals surface area contributed by atoms with E-state index >= 15 is 0 Å². The van der Waals surface area contributed by atoms with E-state index in [1.807, 2.05) is 25.1 Å². The molecule has 1 aliphatic carbocycles. The van der Waals surface area contributed by atoms with E-state index in [1.165, 1.54) is 5.57 Å². The van der Waals surface area contributed by atoms with Crippen LogP contribution in [0.5, 0.6) is 0 Å². The van der Waals surface area contributed by atoms with Crippen LogP contribution in [0.25, 0.3) is 16.8 Å². The second-order valence-corrected chi connectivity index (χ2v) is 4.84. The number of aryl methyl sites for hydroxylation is 1. The Bertz CT molecular complexity index is 735. The normalized spacial score (nSPS) is 16.1. The van der Waals surface area contributed by atoms with Crippen LogP contribution in [-0.4, -0.2) is 4.98 Å². The Kier molecular flexibility index (Phi) is 2.16. The first kappa shape index (κ1) is 8.98. The molecule has 1 heterocycles. The van der Waals surface area contributed by atoms with Crippen molar-refractivity contribution >= 4 is 5.57 Å². The lowest BCUT2D eigenvalue weighted by atomic mass is 10.0. The van der Waals surface area contributed by atoms with E-state index in [-0.39, 0.29) is 0 Å². The number of hydrogen-bond donors (Lipinski definition) is 1. The second kappa shape index (κ2) is 4.34. The van der Waals surface area contributed by atoms with E-state index in [4.69, 9.17) is 2.74 Å². The lowest BCUT2D eigenvalue weighted by Gasteiger charge is -2.05. The van der Waals surface area contributed by atoms with Crippen molar-refractivity contribution in [1.29, 1.82) is 0 Å². The number of H-pyrrole nitrogens is 1. The van der Waals surface area contributed by atoms with Crippen LogP contribution in [-0.2, 0) is 0 Å². The molecule has 1 nitrogen and oxygen atoms in total. The van der Waals surface area contributed by atoms with Gasteiger partial charge in [0.05, 0.1) is 2.74 Å². The molecule has 0 fully saturated rings. The Morgan fingerprint density at radius 2 is 1.78 bits per heavy atom. The summed E-state index contributed by atoms with van der Waals surface area (Å²) in [7, 11) is 0. The summed E-state index contributed by atoms with van der Waals surface area (Å²) >= 11 is 0. The van der Waals surface area contributed by atoms with Crippen LogP contribution in [0.2, 0.25) is 0 Å². The SMILES string of the molecule is [2H]c1cc(-c2ccc(C)[nH]2)c([2H])cc1C1=CC=C(C)C1. The highest BCUT2D eigenvalue weighted by atomic mass is 14.7. The van der Waals surface area contributed by atoms with Gasteiger partial charge in [-0.25, -0.2) is 0 Å². The lowest BCUT2D eigenvalue weighted by molar-refractivity contribution is 1.26. The number of allylic oxidation sites excluding steroid dienone is 4. The smallest absolute Gasteiger partial charge is 0.0630 e. The van der Waals surface area contributed by atoms with Crippen LogP contribution in [0.1, 0.15) is 27.3 Å². The van der Waals surface area contributed by atoms with E-state index in [9.17, 15) is 0 Å². The van der Waals surface area contributed by atoms with Crippen molar-refractivity contribution in [3.8, 4) is 11.3 Å². The van der Waals surface area contributed by atoms with Gasteiger partial charge in [0.25, 0.3) is 0 Å². The molecule has 0 spiro atoms. The predicted octanol–water partition coefficient (Wildman–Crippen LogP) is 4.72. The van der Waals surface area contributed by atoms with Crippen molar-refractivity contribution in [2.75, 3.05) is 0 Å². The molecule has 1 aromatic heterocycles.